The SMILES string of the molecule is CCCn1nc2c(N3C[C@@H](C)O[C@@H](C)C3)c(-c3ccc(F)cc3)nc(N)n2c1=O. The van der Waals surface area contributed by atoms with Crippen molar-refractivity contribution >= 4 is 17.3 Å². The van der Waals surface area contributed by atoms with Crippen LogP contribution in [0.1, 0.15) is 27.2 Å². The van der Waals surface area contributed by atoms with Crippen molar-refractivity contribution in [3.63, 3.8) is 0 Å². The number of ether oxygens (including phenoxy) is 1. The smallest absolute Gasteiger partial charge is 0.353 e. The van der Waals surface area contributed by atoms with Crippen LogP contribution in [0.15, 0.2) is 29.1 Å². The molecule has 1 fully saturated rings. The molecule has 0 saturated carbocycles. The number of hydrogen-bond acceptors (Lipinski definition) is 6. The molecule has 154 valence electrons. The minimum atomic E-state index is -0.332. The van der Waals surface area contributed by atoms with Gasteiger partial charge in [0.05, 0.1) is 12.2 Å². The molecular weight excluding hydrogens is 375 g/mol. The molecule has 1 saturated heterocycles. The largest absolute Gasteiger partial charge is 0.372 e. The normalized spacial score (nSPS) is 19.8. The lowest BCUT2D eigenvalue weighted by Crippen LogP contribution is -2.46. The van der Waals surface area contributed by atoms with E-state index in [1.54, 1.807) is 12.1 Å². The van der Waals surface area contributed by atoms with E-state index in [4.69, 9.17) is 10.5 Å². The van der Waals surface area contributed by atoms with E-state index < -0.39 is 0 Å². The number of rotatable bonds is 4. The summed E-state index contributed by atoms with van der Waals surface area (Å²) in [7, 11) is 0. The summed E-state index contributed by atoms with van der Waals surface area (Å²) in [5.41, 5.74) is 8.30. The number of nitrogens with two attached hydrogens (primary N) is 1. The van der Waals surface area contributed by atoms with E-state index in [-0.39, 0.29) is 29.7 Å². The number of nitrogens with zero attached hydrogens (tertiary/aromatic N) is 5. The second-order valence-electron chi connectivity index (χ2n) is 7.50. The number of morpholine rings is 1. The number of fused-ring (bicyclic) bond motifs is 1. The average molecular weight is 400 g/mol. The summed E-state index contributed by atoms with van der Waals surface area (Å²) < 4.78 is 22.1. The minimum Gasteiger partial charge on any atom is -0.372 e. The van der Waals surface area contributed by atoms with E-state index in [0.717, 1.165) is 6.42 Å². The minimum absolute atomic E-state index is 0.00173. The Morgan fingerprint density at radius 2 is 1.86 bits per heavy atom. The molecule has 29 heavy (non-hydrogen) atoms. The van der Waals surface area contributed by atoms with Crippen molar-refractivity contribution in [2.24, 2.45) is 0 Å². The van der Waals surface area contributed by atoms with Crippen LogP contribution in [0.3, 0.4) is 0 Å². The van der Waals surface area contributed by atoms with Crippen molar-refractivity contribution in [3.05, 3.63) is 40.6 Å². The topological polar surface area (TPSA) is 90.7 Å². The summed E-state index contributed by atoms with van der Waals surface area (Å²) in [6.45, 7) is 7.71. The summed E-state index contributed by atoms with van der Waals surface area (Å²) >= 11 is 0. The molecule has 1 aliphatic rings. The summed E-state index contributed by atoms with van der Waals surface area (Å²) in [5, 5.41) is 4.58. The molecule has 0 aliphatic carbocycles. The Morgan fingerprint density at radius 1 is 1.21 bits per heavy atom. The van der Waals surface area contributed by atoms with Gasteiger partial charge in [-0.1, -0.05) is 6.92 Å². The first-order valence-corrected chi connectivity index (χ1v) is 9.84. The van der Waals surface area contributed by atoms with Crippen molar-refractivity contribution in [1.29, 1.82) is 0 Å². The Morgan fingerprint density at radius 3 is 2.48 bits per heavy atom. The van der Waals surface area contributed by atoms with Crippen LogP contribution < -0.4 is 16.3 Å². The van der Waals surface area contributed by atoms with Gasteiger partial charge in [0.15, 0.2) is 5.65 Å². The molecule has 4 rings (SSSR count). The van der Waals surface area contributed by atoms with Crippen molar-refractivity contribution in [2.45, 2.75) is 45.9 Å². The molecule has 8 nitrogen and oxygen atoms in total. The van der Waals surface area contributed by atoms with E-state index in [9.17, 15) is 9.18 Å². The lowest BCUT2D eigenvalue weighted by Gasteiger charge is -2.37. The zero-order chi connectivity index (χ0) is 20.7. The number of aromatic nitrogens is 4. The van der Waals surface area contributed by atoms with Crippen LogP contribution in [0.5, 0.6) is 0 Å². The number of benzene rings is 1. The second kappa shape index (κ2) is 7.47. The van der Waals surface area contributed by atoms with Gasteiger partial charge in [-0.25, -0.2) is 23.3 Å². The molecule has 1 aromatic carbocycles. The predicted octanol–water partition coefficient (Wildman–Crippen LogP) is 2.30. The number of nitrogen functional groups attached to an aromatic ring is 1. The van der Waals surface area contributed by atoms with E-state index in [1.165, 1.54) is 21.2 Å². The van der Waals surface area contributed by atoms with Gasteiger partial charge in [-0.3, -0.25) is 0 Å². The molecule has 2 atom stereocenters. The molecule has 0 unspecified atom stereocenters. The highest BCUT2D eigenvalue weighted by molar-refractivity contribution is 5.86. The van der Waals surface area contributed by atoms with Crippen LogP contribution in [-0.2, 0) is 11.3 Å². The Bertz CT molecular complexity index is 1080. The van der Waals surface area contributed by atoms with Crippen molar-refractivity contribution in [2.75, 3.05) is 23.7 Å². The van der Waals surface area contributed by atoms with Gasteiger partial charge in [-0.15, -0.1) is 5.10 Å². The van der Waals surface area contributed by atoms with Crippen molar-refractivity contribution in [1.82, 2.24) is 19.2 Å². The standard InChI is InChI=1S/C20H25FN6O2/c1-4-9-26-20(28)27-18(24-26)17(25-10-12(2)29-13(3)11-25)16(23-19(27)22)14-5-7-15(21)8-6-14/h5-8,12-13H,4,9-11H2,1-3H3,(H2,22,23)/t12-,13+. The molecule has 9 heteroatoms. The first-order chi connectivity index (χ1) is 13.9. The summed E-state index contributed by atoms with van der Waals surface area (Å²) in [4.78, 5) is 19.5. The molecule has 0 amide bonds. The lowest BCUT2D eigenvalue weighted by molar-refractivity contribution is -0.00513. The number of hydrogen-bond donors (Lipinski definition) is 1. The highest BCUT2D eigenvalue weighted by atomic mass is 19.1. The maximum atomic E-state index is 13.5. The number of aryl methyl sites for hydroxylation is 1. The lowest BCUT2D eigenvalue weighted by atomic mass is 10.1. The molecule has 2 N–H and O–H groups in total. The second-order valence-corrected chi connectivity index (χ2v) is 7.50. The summed E-state index contributed by atoms with van der Waals surface area (Å²) in [6, 6.07) is 6.08. The number of halogens is 1. The van der Waals surface area contributed by atoms with Gasteiger partial charge in [0, 0.05) is 25.2 Å². The van der Waals surface area contributed by atoms with Gasteiger partial charge < -0.3 is 15.4 Å². The molecule has 3 aromatic rings. The maximum absolute atomic E-state index is 13.5. The van der Waals surface area contributed by atoms with E-state index in [0.29, 0.717) is 42.2 Å². The molecule has 3 heterocycles. The van der Waals surface area contributed by atoms with Crippen molar-refractivity contribution < 1.29 is 9.13 Å². The molecular formula is C20H25FN6O2. The fourth-order valence-corrected chi connectivity index (χ4v) is 3.91. The van der Waals surface area contributed by atoms with Crippen LogP contribution in [0, 0.1) is 5.82 Å². The fraction of sp³-hybridized carbons (Fsp3) is 0.450. The van der Waals surface area contributed by atoms with E-state index in [1.807, 2.05) is 20.8 Å². The van der Waals surface area contributed by atoms with Crippen LogP contribution in [0.4, 0.5) is 16.0 Å². The third-order valence-corrected chi connectivity index (χ3v) is 5.02. The van der Waals surface area contributed by atoms with Crippen molar-refractivity contribution in [3.8, 4) is 11.3 Å². The summed E-state index contributed by atoms with van der Waals surface area (Å²) in [5.74, 6) is -0.272. The Balaban J connectivity index is 2.00. The maximum Gasteiger partial charge on any atom is 0.353 e. The predicted molar refractivity (Wildman–Crippen MR) is 110 cm³/mol. The van der Waals surface area contributed by atoms with Gasteiger partial charge in [-0.2, -0.15) is 0 Å². The van der Waals surface area contributed by atoms with Crippen LogP contribution in [0.25, 0.3) is 16.9 Å². The molecule has 0 spiro atoms. The third kappa shape index (κ3) is 3.46. The Labute approximate surface area is 167 Å². The zero-order valence-corrected chi connectivity index (χ0v) is 16.8. The van der Waals surface area contributed by atoms with Gasteiger partial charge in [0.25, 0.3) is 0 Å². The fourth-order valence-electron chi connectivity index (χ4n) is 3.91. The highest BCUT2D eigenvalue weighted by Gasteiger charge is 2.29. The van der Waals surface area contributed by atoms with Crippen LogP contribution in [-0.4, -0.2) is 44.5 Å². The molecule has 0 bridgehead atoms. The van der Waals surface area contributed by atoms with E-state index >= 15 is 0 Å². The van der Waals surface area contributed by atoms with Crippen LogP contribution >= 0.6 is 0 Å². The average Bonchev–Trinajstić information content (AvgIpc) is 2.98. The quantitative estimate of drug-likeness (QED) is 0.723. The molecule has 2 aromatic heterocycles. The zero-order valence-electron chi connectivity index (χ0n) is 16.8. The monoisotopic (exact) mass is 400 g/mol. The number of anilines is 2. The van der Waals surface area contributed by atoms with Gasteiger partial charge in [0.2, 0.25) is 5.95 Å². The Kier molecular flexibility index (Phi) is 4.99. The van der Waals surface area contributed by atoms with Gasteiger partial charge >= 0.3 is 5.69 Å². The van der Waals surface area contributed by atoms with Gasteiger partial charge in [0.1, 0.15) is 17.2 Å². The van der Waals surface area contributed by atoms with E-state index in [2.05, 4.69) is 15.0 Å². The van der Waals surface area contributed by atoms with Gasteiger partial charge in [-0.05, 0) is 44.5 Å². The first kappa shape index (κ1) is 19.4. The Hall–Kier alpha value is -2.94. The third-order valence-electron chi connectivity index (χ3n) is 5.02. The molecule has 0 radical (unpaired) electrons. The van der Waals surface area contributed by atoms with Crippen LogP contribution in [0.2, 0.25) is 0 Å². The molecule has 1 aliphatic heterocycles. The first-order valence-electron chi connectivity index (χ1n) is 9.84. The summed E-state index contributed by atoms with van der Waals surface area (Å²) in [6.07, 6.45) is 0.770. The highest BCUT2D eigenvalue weighted by Crippen LogP contribution is 2.35.